The third-order valence-corrected chi connectivity index (χ3v) is 4.07. The lowest BCUT2D eigenvalue weighted by molar-refractivity contribution is 0.117. The van der Waals surface area contributed by atoms with Crippen LogP contribution < -0.4 is 10.1 Å². The number of urea groups is 1. The van der Waals surface area contributed by atoms with Crippen LogP contribution in [0.3, 0.4) is 0 Å². The molecule has 126 valence electrons. The van der Waals surface area contributed by atoms with E-state index in [2.05, 4.69) is 5.32 Å². The number of anilines is 1. The summed E-state index contributed by atoms with van der Waals surface area (Å²) < 4.78 is 5.84. The maximum absolute atomic E-state index is 12.3. The molecule has 0 bridgehead atoms. The van der Waals surface area contributed by atoms with Gasteiger partial charge in [0.2, 0.25) is 0 Å². The van der Waals surface area contributed by atoms with Gasteiger partial charge in [-0.05, 0) is 43.0 Å². The molecule has 2 aromatic rings. The summed E-state index contributed by atoms with van der Waals surface area (Å²) in [6.07, 6.45) is 1.64. The number of rotatable bonds is 6. The number of hydrogen-bond acceptors (Lipinski definition) is 3. The van der Waals surface area contributed by atoms with Crippen LogP contribution in [0.4, 0.5) is 10.5 Å². The number of benzene rings is 2. The van der Waals surface area contributed by atoms with Gasteiger partial charge in [0.1, 0.15) is 5.75 Å². The second-order valence-corrected chi connectivity index (χ2v) is 6.13. The highest BCUT2D eigenvalue weighted by atomic mass is 16.5. The number of aliphatic hydroxyl groups excluding tert-OH is 1. The van der Waals surface area contributed by atoms with E-state index in [0.29, 0.717) is 29.6 Å². The van der Waals surface area contributed by atoms with Gasteiger partial charge in [0, 0.05) is 13.6 Å². The Balaban J connectivity index is 1.64. The summed E-state index contributed by atoms with van der Waals surface area (Å²) in [6, 6.07) is 16.4. The van der Waals surface area contributed by atoms with E-state index in [4.69, 9.17) is 4.74 Å². The van der Waals surface area contributed by atoms with Crippen molar-refractivity contribution in [3.8, 4) is 11.5 Å². The van der Waals surface area contributed by atoms with Crippen LogP contribution in [-0.2, 0) is 0 Å². The Labute approximate surface area is 141 Å². The lowest BCUT2D eigenvalue weighted by atomic mass is 10.2. The average Bonchev–Trinajstić information content (AvgIpc) is 3.42. The molecule has 5 heteroatoms. The van der Waals surface area contributed by atoms with Crippen molar-refractivity contribution in [2.75, 3.05) is 18.9 Å². The molecule has 24 heavy (non-hydrogen) atoms. The fourth-order valence-electron chi connectivity index (χ4n) is 2.48. The normalized spacial score (nSPS) is 14.8. The molecule has 0 spiro atoms. The van der Waals surface area contributed by atoms with Gasteiger partial charge in [0.05, 0.1) is 11.8 Å². The fraction of sp³-hybridized carbons (Fsp3) is 0.316. The van der Waals surface area contributed by atoms with Crippen LogP contribution >= 0.6 is 0 Å². The summed E-state index contributed by atoms with van der Waals surface area (Å²) in [5, 5.41) is 12.8. The zero-order chi connectivity index (χ0) is 16.9. The van der Waals surface area contributed by atoms with E-state index in [0.717, 1.165) is 12.8 Å². The molecule has 2 N–H and O–H groups in total. The van der Waals surface area contributed by atoms with Crippen LogP contribution in [0.5, 0.6) is 11.5 Å². The topological polar surface area (TPSA) is 61.8 Å². The SMILES string of the molecule is CN(CC(O)C1CC1)C(=O)Nc1ccccc1Oc1ccccc1. The van der Waals surface area contributed by atoms with Gasteiger partial charge in [-0.1, -0.05) is 30.3 Å². The van der Waals surface area contributed by atoms with E-state index in [1.165, 1.54) is 4.90 Å². The van der Waals surface area contributed by atoms with Crippen LogP contribution in [0.25, 0.3) is 0 Å². The van der Waals surface area contributed by atoms with Gasteiger partial charge in [-0.3, -0.25) is 0 Å². The van der Waals surface area contributed by atoms with Crippen LogP contribution in [0.2, 0.25) is 0 Å². The van der Waals surface area contributed by atoms with Crippen molar-refractivity contribution in [3.05, 3.63) is 54.6 Å². The summed E-state index contributed by atoms with van der Waals surface area (Å²) in [5.74, 6) is 1.62. The van der Waals surface area contributed by atoms with Crippen LogP contribution in [0.1, 0.15) is 12.8 Å². The van der Waals surface area contributed by atoms with Crippen molar-refractivity contribution >= 4 is 11.7 Å². The second kappa shape index (κ2) is 7.36. The highest BCUT2D eigenvalue weighted by molar-refractivity contribution is 5.90. The molecule has 1 aliphatic rings. The average molecular weight is 326 g/mol. The number of amides is 2. The quantitative estimate of drug-likeness (QED) is 0.850. The number of carbonyl (C=O) groups is 1. The highest BCUT2D eigenvalue weighted by Crippen LogP contribution is 2.33. The minimum Gasteiger partial charge on any atom is -0.455 e. The van der Waals surface area contributed by atoms with Gasteiger partial charge >= 0.3 is 6.03 Å². The maximum atomic E-state index is 12.3. The summed E-state index contributed by atoms with van der Waals surface area (Å²) >= 11 is 0. The Morgan fingerprint density at radius 2 is 1.88 bits per heavy atom. The minimum absolute atomic E-state index is 0.265. The van der Waals surface area contributed by atoms with Gasteiger partial charge in [0.15, 0.2) is 5.75 Å². The van der Waals surface area contributed by atoms with Crippen molar-refractivity contribution in [3.63, 3.8) is 0 Å². The molecule has 0 radical (unpaired) electrons. The third kappa shape index (κ3) is 4.26. The maximum Gasteiger partial charge on any atom is 0.321 e. The van der Waals surface area contributed by atoms with Gasteiger partial charge < -0.3 is 20.1 Å². The van der Waals surface area contributed by atoms with E-state index in [-0.39, 0.29) is 6.03 Å². The number of carbonyl (C=O) groups excluding carboxylic acids is 1. The molecule has 1 atom stereocenters. The zero-order valence-corrected chi connectivity index (χ0v) is 13.7. The highest BCUT2D eigenvalue weighted by Gasteiger charge is 2.31. The molecule has 2 amide bonds. The second-order valence-electron chi connectivity index (χ2n) is 6.13. The Bertz CT molecular complexity index is 686. The molecule has 0 saturated heterocycles. The van der Waals surface area contributed by atoms with E-state index >= 15 is 0 Å². The summed E-state index contributed by atoms with van der Waals surface area (Å²) in [5.41, 5.74) is 0.596. The molecule has 5 nitrogen and oxygen atoms in total. The first-order chi connectivity index (χ1) is 11.6. The Morgan fingerprint density at radius 1 is 1.21 bits per heavy atom. The van der Waals surface area contributed by atoms with Crippen molar-refractivity contribution < 1.29 is 14.6 Å². The smallest absolute Gasteiger partial charge is 0.321 e. The van der Waals surface area contributed by atoms with Crippen molar-refractivity contribution in [1.82, 2.24) is 4.90 Å². The molecule has 3 rings (SSSR count). The number of hydrogen-bond donors (Lipinski definition) is 2. The Hall–Kier alpha value is -2.53. The molecule has 0 aromatic heterocycles. The minimum atomic E-state index is -0.448. The molecule has 0 aliphatic heterocycles. The fourth-order valence-corrected chi connectivity index (χ4v) is 2.48. The zero-order valence-electron chi connectivity index (χ0n) is 13.7. The van der Waals surface area contributed by atoms with Crippen LogP contribution in [0, 0.1) is 5.92 Å². The number of para-hydroxylation sites is 3. The van der Waals surface area contributed by atoms with E-state index in [9.17, 15) is 9.90 Å². The van der Waals surface area contributed by atoms with E-state index < -0.39 is 6.10 Å². The predicted octanol–water partition coefficient (Wildman–Crippen LogP) is 3.71. The molecule has 2 aromatic carbocycles. The number of likely N-dealkylation sites (N-methyl/N-ethyl adjacent to an activating group) is 1. The Morgan fingerprint density at radius 3 is 2.58 bits per heavy atom. The first-order valence-electron chi connectivity index (χ1n) is 8.15. The number of nitrogens with one attached hydrogen (secondary N) is 1. The Kier molecular flexibility index (Phi) is 5.01. The summed E-state index contributed by atoms with van der Waals surface area (Å²) in [7, 11) is 1.68. The molecule has 1 aliphatic carbocycles. The van der Waals surface area contributed by atoms with Gasteiger partial charge in [-0.2, -0.15) is 0 Å². The standard InChI is InChI=1S/C19H22N2O3/c1-21(13-17(22)14-11-12-14)19(23)20-16-9-5-6-10-18(16)24-15-7-3-2-4-8-15/h2-10,14,17,22H,11-13H2,1H3,(H,20,23). The number of nitrogens with zero attached hydrogens (tertiary/aromatic N) is 1. The molecule has 1 saturated carbocycles. The van der Waals surface area contributed by atoms with Crippen LogP contribution in [-0.4, -0.2) is 35.7 Å². The number of ether oxygens (including phenoxy) is 1. The largest absolute Gasteiger partial charge is 0.455 e. The monoisotopic (exact) mass is 326 g/mol. The van der Waals surface area contributed by atoms with Crippen molar-refractivity contribution in [2.45, 2.75) is 18.9 Å². The first-order valence-corrected chi connectivity index (χ1v) is 8.15. The third-order valence-electron chi connectivity index (χ3n) is 4.07. The predicted molar refractivity (Wildman–Crippen MR) is 93.3 cm³/mol. The van der Waals surface area contributed by atoms with Crippen LogP contribution in [0.15, 0.2) is 54.6 Å². The van der Waals surface area contributed by atoms with E-state index in [1.807, 2.05) is 48.5 Å². The first kappa shape index (κ1) is 16.3. The van der Waals surface area contributed by atoms with Gasteiger partial charge in [-0.25, -0.2) is 4.79 Å². The van der Waals surface area contributed by atoms with Crippen molar-refractivity contribution in [2.24, 2.45) is 5.92 Å². The summed E-state index contributed by atoms with van der Waals surface area (Å²) in [4.78, 5) is 13.8. The van der Waals surface area contributed by atoms with Gasteiger partial charge in [0.25, 0.3) is 0 Å². The molecule has 1 fully saturated rings. The summed E-state index contributed by atoms with van der Waals surface area (Å²) in [6.45, 7) is 0.332. The molecule has 0 heterocycles. The number of aliphatic hydroxyl groups is 1. The molecule has 1 unspecified atom stereocenters. The van der Waals surface area contributed by atoms with E-state index in [1.54, 1.807) is 13.1 Å². The lowest BCUT2D eigenvalue weighted by Crippen LogP contribution is -2.38. The molecular formula is C19H22N2O3. The molecular weight excluding hydrogens is 304 g/mol. The van der Waals surface area contributed by atoms with Gasteiger partial charge in [-0.15, -0.1) is 0 Å². The lowest BCUT2D eigenvalue weighted by Gasteiger charge is -2.22. The van der Waals surface area contributed by atoms with Crippen molar-refractivity contribution in [1.29, 1.82) is 0 Å².